The summed E-state index contributed by atoms with van der Waals surface area (Å²) in [4.78, 5) is 28.8. The number of hydrogen-bond acceptors (Lipinski definition) is 5. The second-order valence-electron chi connectivity index (χ2n) is 10.2. The van der Waals surface area contributed by atoms with Crippen molar-refractivity contribution in [2.24, 2.45) is 5.41 Å². The summed E-state index contributed by atoms with van der Waals surface area (Å²) in [6.07, 6.45) is 0.547. The molecular formula is C29H25BrN2O3. The molecule has 0 saturated heterocycles. The van der Waals surface area contributed by atoms with Crippen LogP contribution in [-0.4, -0.2) is 11.8 Å². The number of fused-ring (bicyclic) bond motifs is 2. The van der Waals surface area contributed by atoms with Crippen molar-refractivity contribution < 1.29 is 14.3 Å². The van der Waals surface area contributed by atoms with Gasteiger partial charge in [0.05, 0.1) is 23.0 Å². The zero-order chi connectivity index (χ0) is 24.3. The lowest BCUT2D eigenvalue weighted by Crippen LogP contribution is -2.38. The van der Waals surface area contributed by atoms with Crippen LogP contribution in [0.4, 0.5) is 11.4 Å². The minimum absolute atomic E-state index is 0.115. The number of cyclic esters (lactones) is 1. The van der Waals surface area contributed by atoms with Gasteiger partial charge in [-0.2, -0.15) is 0 Å². The van der Waals surface area contributed by atoms with Gasteiger partial charge in [0, 0.05) is 27.7 Å². The number of allylic oxidation sites excluding steroid dienone is 1. The molecule has 2 aliphatic heterocycles. The molecular weight excluding hydrogens is 504 g/mol. The summed E-state index contributed by atoms with van der Waals surface area (Å²) in [5.41, 5.74) is 5.61. The smallest absolute Gasteiger partial charge is 0.340 e. The number of carbonyl (C=O) groups is 2. The highest BCUT2D eigenvalue weighted by molar-refractivity contribution is 9.10. The molecule has 6 rings (SSSR count). The number of halogens is 1. The van der Waals surface area contributed by atoms with E-state index in [0.29, 0.717) is 12.0 Å². The Kier molecular flexibility index (Phi) is 5.11. The van der Waals surface area contributed by atoms with Crippen molar-refractivity contribution in [2.75, 3.05) is 10.2 Å². The third-order valence-corrected chi connectivity index (χ3v) is 7.52. The third-order valence-electron chi connectivity index (χ3n) is 7.02. The number of hydrogen-bond donors (Lipinski definition) is 1. The number of ketones is 1. The Morgan fingerprint density at radius 2 is 1.74 bits per heavy atom. The van der Waals surface area contributed by atoms with Crippen molar-refractivity contribution in [3.63, 3.8) is 0 Å². The van der Waals surface area contributed by atoms with Gasteiger partial charge in [-0.3, -0.25) is 4.79 Å². The van der Waals surface area contributed by atoms with Gasteiger partial charge in [-0.25, -0.2) is 4.79 Å². The fourth-order valence-corrected chi connectivity index (χ4v) is 6.02. The van der Waals surface area contributed by atoms with Gasteiger partial charge in [0.25, 0.3) is 0 Å². The van der Waals surface area contributed by atoms with E-state index in [1.807, 2.05) is 66.7 Å². The molecule has 0 bridgehead atoms. The molecule has 0 unspecified atom stereocenters. The number of rotatable bonds is 2. The van der Waals surface area contributed by atoms with Crippen LogP contribution in [0, 0.1) is 5.41 Å². The van der Waals surface area contributed by atoms with Crippen molar-refractivity contribution >= 4 is 39.1 Å². The van der Waals surface area contributed by atoms with Gasteiger partial charge in [-0.05, 0) is 47.7 Å². The van der Waals surface area contributed by atoms with Crippen LogP contribution in [0.5, 0.6) is 0 Å². The first-order valence-corrected chi connectivity index (χ1v) is 12.6. The number of benzene rings is 3. The second-order valence-corrected chi connectivity index (χ2v) is 11.1. The first kappa shape index (κ1) is 22.1. The highest BCUT2D eigenvalue weighted by atomic mass is 79.9. The van der Waals surface area contributed by atoms with Crippen molar-refractivity contribution in [2.45, 2.75) is 39.0 Å². The number of para-hydroxylation sites is 2. The molecule has 1 aliphatic carbocycles. The molecule has 6 heteroatoms. The van der Waals surface area contributed by atoms with E-state index in [1.165, 1.54) is 0 Å². The molecule has 3 aliphatic rings. The second kappa shape index (κ2) is 8.09. The van der Waals surface area contributed by atoms with Gasteiger partial charge in [0.2, 0.25) is 6.23 Å². The van der Waals surface area contributed by atoms with Crippen LogP contribution < -0.4 is 10.2 Å². The average Bonchev–Trinajstić information content (AvgIpc) is 3.06. The van der Waals surface area contributed by atoms with E-state index >= 15 is 0 Å². The summed E-state index contributed by atoms with van der Waals surface area (Å²) in [7, 11) is 0. The van der Waals surface area contributed by atoms with Crippen LogP contribution >= 0.6 is 15.9 Å². The Morgan fingerprint density at radius 1 is 0.971 bits per heavy atom. The lowest BCUT2D eigenvalue weighted by molar-refractivity contribution is -0.118. The number of nitrogens with zero attached hydrogens (tertiary/aromatic N) is 1. The standard InChI is InChI=1S/C29H25BrN2O3/c1-29(2)15-22-25(24(33)16-29)26(17-8-7-9-18(30)14-17)32(23-13-6-5-12-21(23)31-22)27-19-10-3-4-11-20(19)28(34)35-27/h3-14,26-27,31H,15-16H2,1-2H3/t26-,27+/m1/s1. The maximum atomic E-state index is 13.8. The topological polar surface area (TPSA) is 58.6 Å². The lowest BCUT2D eigenvalue weighted by Gasteiger charge is -2.40. The van der Waals surface area contributed by atoms with Gasteiger partial charge in [-0.15, -0.1) is 0 Å². The van der Waals surface area contributed by atoms with Crippen LogP contribution in [0.15, 0.2) is 88.5 Å². The predicted molar refractivity (Wildman–Crippen MR) is 139 cm³/mol. The molecule has 3 aromatic carbocycles. The van der Waals surface area contributed by atoms with Crippen molar-refractivity contribution in [3.8, 4) is 0 Å². The first-order chi connectivity index (χ1) is 16.8. The average molecular weight is 529 g/mol. The molecule has 3 aromatic rings. The van der Waals surface area contributed by atoms with Crippen LogP contribution in [0.3, 0.4) is 0 Å². The molecule has 5 nitrogen and oxygen atoms in total. The maximum Gasteiger partial charge on any atom is 0.340 e. The van der Waals surface area contributed by atoms with Crippen LogP contribution in [-0.2, 0) is 9.53 Å². The fourth-order valence-electron chi connectivity index (χ4n) is 5.61. The maximum absolute atomic E-state index is 13.8. The molecule has 0 radical (unpaired) electrons. The molecule has 176 valence electrons. The zero-order valence-corrected chi connectivity index (χ0v) is 21.1. The SMILES string of the molecule is CC1(C)CC(=O)C2=C(C1)Nc1ccccc1N([C@H]1OC(=O)c3ccccc31)[C@@H]2c1cccc(Br)c1. The van der Waals surface area contributed by atoms with E-state index < -0.39 is 12.3 Å². The number of carbonyl (C=O) groups excluding carboxylic acids is 2. The summed E-state index contributed by atoms with van der Waals surface area (Å²) in [6, 6.07) is 23.1. The van der Waals surface area contributed by atoms with Gasteiger partial charge in [0.15, 0.2) is 5.78 Å². The Labute approximate surface area is 212 Å². The minimum Gasteiger partial charge on any atom is -0.433 e. The first-order valence-electron chi connectivity index (χ1n) is 11.8. The van der Waals surface area contributed by atoms with Gasteiger partial charge >= 0.3 is 5.97 Å². The Bertz CT molecular complexity index is 1410. The Balaban J connectivity index is 1.65. The van der Waals surface area contributed by atoms with E-state index in [1.54, 1.807) is 6.07 Å². The monoisotopic (exact) mass is 528 g/mol. The summed E-state index contributed by atoms with van der Waals surface area (Å²) in [6.45, 7) is 4.27. The molecule has 2 heterocycles. The van der Waals surface area contributed by atoms with E-state index in [0.717, 1.165) is 44.7 Å². The summed E-state index contributed by atoms with van der Waals surface area (Å²) in [5.74, 6) is -0.234. The number of anilines is 2. The molecule has 1 N–H and O–H groups in total. The molecule has 2 atom stereocenters. The van der Waals surface area contributed by atoms with Crippen LogP contribution in [0.2, 0.25) is 0 Å². The molecule has 0 amide bonds. The normalized spacial score (nSPS) is 22.5. The largest absolute Gasteiger partial charge is 0.433 e. The Hall–Kier alpha value is -3.38. The molecule has 0 saturated carbocycles. The number of esters is 1. The number of nitrogens with one attached hydrogen (secondary N) is 1. The van der Waals surface area contributed by atoms with Crippen LogP contribution in [0.1, 0.15) is 60.4 Å². The molecule has 0 spiro atoms. The summed E-state index contributed by atoms with van der Waals surface area (Å²) >= 11 is 3.62. The molecule has 0 aromatic heterocycles. The van der Waals surface area contributed by atoms with Crippen LogP contribution in [0.25, 0.3) is 0 Å². The number of ether oxygens (including phenoxy) is 1. The Morgan fingerprint density at radius 3 is 2.57 bits per heavy atom. The van der Waals surface area contributed by atoms with E-state index in [2.05, 4.69) is 40.0 Å². The number of Topliss-reactive ketones (excluding diaryl/α,β-unsaturated/α-hetero) is 1. The summed E-state index contributed by atoms with van der Waals surface area (Å²) < 4.78 is 6.96. The van der Waals surface area contributed by atoms with E-state index in [4.69, 9.17) is 4.74 Å². The summed E-state index contributed by atoms with van der Waals surface area (Å²) in [5, 5.41) is 3.62. The molecule has 35 heavy (non-hydrogen) atoms. The minimum atomic E-state index is -0.666. The van der Waals surface area contributed by atoms with Gasteiger partial charge in [-0.1, -0.05) is 72.2 Å². The van der Waals surface area contributed by atoms with Gasteiger partial charge in [0.1, 0.15) is 0 Å². The van der Waals surface area contributed by atoms with E-state index in [-0.39, 0.29) is 17.2 Å². The van der Waals surface area contributed by atoms with E-state index in [9.17, 15) is 9.59 Å². The van der Waals surface area contributed by atoms with Gasteiger partial charge < -0.3 is 15.0 Å². The fraction of sp³-hybridized carbons (Fsp3) is 0.241. The molecule has 0 fully saturated rings. The lowest BCUT2D eigenvalue weighted by atomic mass is 9.73. The quantitative estimate of drug-likeness (QED) is 0.365. The van der Waals surface area contributed by atoms with Crippen molar-refractivity contribution in [1.29, 1.82) is 0 Å². The highest BCUT2D eigenvalue weighted by Crippen LogP contribution is 2.52. The van der Waals surface area contributed by atoms with Crippen molar-refractivity contribution in [3.05, 3.63) is 105 Å². The zero-order valence-electron chi connectivity index (χ0n) is 19.5. The van der Waals surface area contributed by atoms with Crippen molar-refractivity contribution in [1.82, 2.24) is 0 Å². The third kappa shape index (κ3) is 3.67. The highest BCUT2D eigenvalue weighted by Gasteiger charge is 2.46. The predicted octanol–water partition coefficient (Wildman–Crippen LogP) is 6.93.